The molecule has 28 heavy (non-hydrogen) atoms. The average molecular weight is 403 g/mol. The smallest absolute Gasteiger partial charge is 0.251 e. The van der Waals surface area contributed by atoms with Crippen LogP contribution in [0.5, 0.6) is 0 Å². The number of amides is 1. The fourth-order valence-electron chi connectivity index (χ4n) is 3.18. The molecule has 1 aliphatic heterocycles. The fraction of sp³-hybridized carbons (Fsp3) is 0.278. The van der Waals surface area contributed by atoms with Crippen LogP contribution >= 0.6 is 0 Å². The van der Waals surface area contributed by atoms with Gasteiger partial charge in [-0.05, 0) is 43.2 Å². The molecular weight excluding hydrogens is 385 g/mol. The van der Waals surface area contributed by atoms with Crippen molar-refractivity contribution in [2.75, 3.05) is 13.1 Å². The Hall–Kier alpha value is -2.85. The van der Waals surface area contributed by atoms with E-state index in [0.29, 0.717) is 24.6 Å². The van der Waals surface area contributed by atoms with Crippen LogP contribution < -0.4 is 5.32 Å². The molecule has 0 atom stereocenters. The zero-order valence-electron chi connectivity index (χ0n) is 14.9. The summed E-state index contributed by atoms with van der Waals surface area (Å²) in [4.78, 5) is 12.0. The number of sulfonamides is 1. The van der Waals surface area contributed by atoms with Crippen LogP contribution in [-0.4, -0.2) is 46.3 Å². The Labute approximate surface area is 161 Å². The molecule has 0 unspecified atom stereocenters. The molecule has 0 aliphatic carbocycles. The summed E-state index contributed by atoms with van der Waals surface area (Å²) in [6.07, 6.45) is 3.26. The number of aromatic nitrogens is 3. The second-order valence-electron chi connectivity index (χ2n) is 6.48. The van der Waals surface area contributed by atoms with Crippen molar-refractivity contribution in [3.05, 3.63) is 59.8 Å². The highest BCUT2D eigenvalue weighted by Crippen LogP contribution is 2.24. The van der Waals surface area contributed by atoms with E-state index in [1.165, 1.54) is 10.4 Å². The lowest BCUT2D eigenvalue weighted by atomic mass is 10.2. The third-order valence-electron chi connectivity index (χ3n) is 4.67. The number of pyridine rings is 1. The largest absolute Gasteiger partial charge is 0.345 e. The van der Waals surface area contributed by atoms with E-state index in [1.54, 1.807) is 16.7 Å². The first-order valence-corrected chi connectivity index (χ1v) is 10.3. The molecule has 3 aromatic rings. The standard InChI is InChI=1S/C18H18FN5O3S/c19-14-7-6-13(11-15(14)28(26,27)23-8-3-4-9-23)18(25)20-12-17-22-21-16-5-1-2-10-24(16)17/h1-2,5-7,10-11H,3-4,8-9,12H2,(H,20,25). The van der Waals surface area contributed by atoms with Crippen molar-refractivity contribution in [3.8, 4) is 0 Å². The van der Waals surface area contributed by atoms with Crippen molar-refractivity contribution in [3.63, 3.8) is 0 Å². The minimum atomic E-state index is -3.96. The lowest BCUT2D eigenvalue weighted by Gasteiger charge is -2.16. The van der Waals surface area contributed by atoms with Crippen LogP contribution in [0.15, 0.2) is 47.5 Å². The van der Waals surface area contributed by atoms with Gasteiger partial charge >= 0.3 is 0 Å². The van der Waals surface area contributed by atoms with Gasteiger partial charge in [0.15, 0.2) is 11.5 Å². The maximum Gasteiger partial charge on any atom is 0.251 e. The number of hydrogen-bond donors (Lipinski definition) is 1. The van der Waals surface area contributed by atoms with Crippen molar-refractivity contribution >= 4 is 21.6 Å². The summed E-state index contributed by atoms with van der Waals surface area (Å²) in [5, 5.41) is 10.7. The van der Waals surface area contributed by atoms with Gasteiger partial charge in [-0.2, -0.15) is 4.31 Å². The van der Waals surface area contributed by atoms with Crippen LogP contribution in [0.2, 0.25) is 0 Å². The predicted octanol–water partition coefficient (Wildman–Crippen LogP) is 1.58. The van der Waals surface area contributed by atoms with Gasteiger partial charge in [-0.15, -0.1) is 10.2 Å². The van der Waals surface area contributed by atoms with E-state index < -0.39 is 26.6 Å². The molecule has 2 aromatic heterocycles. The van der Waals surface area contributed by atoms with Crippen LogP contribution in [0.1, 0.15) is 29.0 Å². The van der Waals surface area contributed by atoms with Gasteiger partial charge in [-0.1, -0.05) is 6.07 Å². The normalized spacial score (nSPS) is 15.2. The Morgan fingerprint density at radius 1 is 1.14 bits per heavy atom. The van der Waals surface area contributed by atoms with Crippen molar-refractivity contribution in [2.24, 2.45) is 0 Å². The first-order chi connectivity index (χ1) is 13.5. The molecule has 0 spiro atoms. The van der Waals surface area contributed by atoms with Gasteiger partial charge in [0.05, 0.1) is 6.54 Å². The first kappa shape index (κ1) is 18.5. The SMILES string of the molecule is O=C(NCc1nnc2ccccn12)c1ccc(F)c(S(=O)(=O)N2CCCC2)c1. The highest BCUT2D eigenvalue weighted by molar-refractivity contribution is 7.89. The van der Waals surface area contributed by atoms with Gasteiger partial charge in [0.2, 0.25) is 10.0 Å². The zero-order chi connectivity index (χ0) is 19.7. The Balaban J connectivity index is 1.55. The number of halogens is 1. The maximum absolute atomic E-state index is 14.2. The van der Waals surface area contributed by atoms with E-state index in [1.807, 2.05) is 12.1 Å². The number of nitrogens with one attached hydrogen (secondary N) is 1. The van der Waals surface area contributed by atoms with Crippen LogP contribution in [0.25, 0.3) is 5.65 Å². The van der Waals surface area contributed by atoms with Crippen LogP contribution in [-0.2, 0) is 16.6 Å². The van der Waals surface area contributed by atoms with Crippen LogP contribution in [0.4, 0.5) is 4.39 Å². The van der Waals surface area contributed by atoms with Gasteiger partial charge in [-0.3, -0.25) is 9.20 Å². The van der Waals surface area contributed by atoms with E-state index >= 15 is 0 Å². The molecule has 1 fully saturated rings. The highest BCUT2D eigenvalue weighted by atomic mass is 32.2. The van der Waals surface area contributed by atoms with E-state index in [9.17, 15) is 17.6 Å². The van der Waals surface area contributed by atoms with Gasteiger partial charge in [0.25, 0.3) is 5.91 Å². The number of benzene rings is 1. The second kappa shape index (κ2) is 7.28. The van der Waals surface area contributed by atoms with E-state index in [2.05, 4.69) is 15.5 Å². The molecule has 1 aliphatic rings. The molecule has 0 bridgehead atoms. The van der Waals surface area contributed by atoms with Crippen LogP contribution in [0, 0.1) is 5.82 Å². The summed E-state index contributed by atoms with van der Waals surface area (Å²) in [6, 6.07) is 8.78. The first-order valence-electron chi connectivity index (χ1n) is 8.83. The molecule has 1 aromatic carbocycles. The quantitative estimate of drug-likeness (QED) is 0.698. The van der Waals surface area contributed by atoms with Crippen molar-refractivity contribution in [2.45, 2.75) is 24.3 Å². The van der Waals surface area contributed by atoms with Crippen molar-refractivity contribution in [1.82, 2.24) is 24.2 Å². The van der Waals surface area contributed by atoms with Crippen molar-refractivity contribution in [1.29, 1.82) is 0 Å². The Kier molecular flexibility index (Phi) is 4.82. The Bertz CT molecular complexity index is 1140. The number of carbonyl (C=O) groups is 1. The molecule has 146 valence electrons. The number of fused-ring (bicyclic) bond motifs is 1. The average Bonchev–Trinajstić information content (AvgIpc) is 3.37. The Morgan fingerprint density at radius 2 is 1.93 bits per heavy atom. The molecule has 1 N–H and O–H groups in total. The zero-order valence-corrected chi connectivity index (χ0v) is 15.7. The molecule has 4 rings (SSSR count). The minimum absolute atomic E-state index is 0.0630. The number of carbonyl (C=O) groups excluding carboxylic acids is 1. The lowest BCUT2D eigenvalue weighted by Crippen LogP contribution is -2.29. The van der Waals surface area contributed by atoms with E-state index in [4.69, 9.17) is 0 Å². The topological polar surface area (TPSA) is 96.7 Å². The van der Waals surface area contributed by atoms with E-state index in [-0.39, 0.29) is 12.1 Å². The molecule has 1 saturated heterocycles. The van der Waals surface area contributed by atoms with Crippen LogP contribution in [0.3, 0.4) is 0 Å². The lowest BCUT2D eigenvalue weighted by molar-refractivity contribution is 0.0949. The number of rotatable bonds is 5. The number of hydrogen-bond acceptors (Lipinski definition) is 5. The highest BCUT2D eigenvalue weighted by Gasteiger charge is 2.30. The molecule has 10 heteroatoms. The van der Waals surface area contributed by atoms with Gasteiger partial charge in [0, 0.05) is 24.8 Å². The molecule has 0 radical (unpaired) electrons. The van der Waals surface area contributed by atoms with E-state index in [0.717, 1.165) is 25.0 Å². The summed E-state index contributed by atoms with van der Waals surface area (Å²) in [5.41, 5.74) is 0.709. The number of nitrogens with zero attached hydrogens (tertiary/aromatic N) is 4. The fourth-order valence-corrected chi connectivity index (χ4v) is 4.79. The third kappa shape index (κ3) is 3.36. The summed E-state index contributed by atoms with van der Waals surface area (Å²) < 4.78 is 42.5. The summed E-state index contributed by atoms with van der Waals surface area (Å²) >= 11 is 0. The predicted molar refractivity (Wildman–Crippen MR) is 98.6 cm³/mol. The van der Waals surface area contributed by atoms with Gasteiger partial charge in [-0.25, -0.2) is 12.8 Å². The minimum Gasteiger partial charge on any atom is -0.345 e. The van der Waals surface area contributed by atoms with Gasteiger partial charge < -0.3 is 5.32 Å². The molecule has 0 saturated carbocycles. The molecule has 3 heterocycles. The maximum atomic E-state index is 14.2. The second-order valence-corrected chi connectivity index (χ2v) is 8.39. The van der Waals surface area contributed by atoms with Crippen molar-refractivity contribution < 1.29 is 17.6 Å². The summed E-state index contributed by atoms with van der Waals surface area (Å²) in [5.74, 6) is -0.867. The Morgan fingerprint density at radius 3 is 2.71 bits per heavy atom. The molecule has 8 nitrogen and oxygen atoms in total. The summed E-state index contributed by atoms with van der Waals surface area (Å²) in [6.45, 7) is 0.811. The summed E-state index contributed by atoms with van der Waals surface area (Å²) in [7, 11) is -3.96. The van der Waals surface area contributed by atoms with Gasteiger partial charge in [0.1, 0.15) is 10.7 Å². The third-order valence-corrected chi connectivity index (χ3v) is 6.58. The molecular formula is C18H18FN5O3S. The monoisotopic (exact) mass is 403 g/mol. The molecule has 1 amide bonds.